The summed E-state index contributed by atoms with van der Waals surface area (Å²) >= 11 is 0. The van der Waals surface area contributed by atoms with Gasteiger partial charge in [0.25, 0.3) is 0 Å². The summed E-state index contributed by atoms with van der Waals surface area (Å²) in [6.07, 6.45) is 4.84. The highest BCUT2D eigenvalue weighted by molar-refractivity contribution is 5.20. The Morgan fingerprint density at radius 3 is 2.50 bits per heavy atom. The van der Waals surface area contributed by atoms with Gasteiger partial charge < -0.3 is 5.32 Å². The van der Waals surface area contributed by atoms with Gasteiger partial charge in [-0.3, -0.25) is 0 Å². The minimum absolute atomic E-state index is 0.157. The van der Waals surface area contributed by atoms with Gasteiger partial charge in [0.2, 0.25) is 0 Å². The van der Waals surface area contributed by atoms with Crippen LogP contribution >= 0.6 is 0 Å². The average molecular weight is 249 g/mol. The van der Waals surface area contributed by atoms with Crippen molar-refractivity contribution in [2.24, 2.45) is 5.41 Å². The van der Waals surface area contributed by atoms with Crippen molar-refractivity contribution < 1.29 is 4.39 Å². The summed E-state index contributed by atoms with van der Waals surface area (Å²) in [6.45, 7) is 6.86. The van der Waals surface area contributed by atoms with Crippen LogP contribution in [0, 0.1) is 11.2 Å². The molecule has 100 valence electrons. The van der Waals surface area contributed by atoms with Gasteiger partial charge in [-0.15, -0.1) is 0 Å². The zero-order valence-corrected chi connectivity index (χ0v) is 11.7. The summed E-state index contributed by atoms with van der Waals surface area (Å²) < 4.78 is 12.9. The number of hydrogen-bond acceptors (Lipinski definition) is 1. The molecule has 0 amide bonds. The quantitative estimate of drug-likeness (QED) is 0.831. The fraction of sp³-hybridized carbons (Fsp3) is 0.625. The van der Waals surface area contributed by atoms with Crippen LogP contribution in [-0.2, 0) is 0 Å². The Hall–Kier alpha value is -0.890. The largest absolute Gasteiger partial charge is 0.307 e. The van der Waals surface area contributed by atoms with Gasteiger partial charge in [0, 0.05) is 12.1 Å². The molecule has 1 aliphatic carbocycles. The van der Waals surface area contributed by atoms with E-state index in [1.165, 1.54) is 24.8 Å². The van der Waals surface area contributed by atoms with E-state index in [2.05, 4.69) is 26.1 Å². The van der Waals surface area contributed by atoms with Crippen molar-refractivity contribution in [3.05, 3.63) is 35.6 Å². The first kappa shape index (κ1) is 13.5. The van der Waals surface area contributed by atoms with Crippen molar-refractivity contribution in [2.45, 2.75) is 58.5 Å². The molecule has 0 heterocycles. The molecule has 0 aliphatic heterocycles. The zero-order chi connectivity index (χ0) is 13.2. The van der Waals surface area contributed by atoms with E-state index in [-0.39, 0.29) is 5.82 Å². The lowest BCUT2D eigenvalue weighted by atomic mass is 9.91. The molecule has 0 aromatic heterocycles. The van der Waals surface area contributed by atoms with Gasteiger partial charge in [-0.25, -0.2) is 4.39 Å². The molecule has 0 saturated heterocycles. The Morgan fingerprint density at radius 1 is 1.33 bits per heavy atom. The molecular weight excluding hydrogens is 225 g/mol. The van der Waals surface area contributed by atoms with E-state index < -0.39 is 0 Å². The van der Waals surface area contributed by atoms with Crippen LogP contribution in [0.15, 0.2) is 24.3 Å². The highest BCUT2D eigenvalue weighted by atomic mass is 19.1. The third kappa shape index (κ3) is 3.32. The van der Waals surface area contributed by atoms with Gasteiger partial charge in [-0.05, 0) is 48.8 Å². The maximum Gasteiger partial charge on any atom is 0.123 e. The van der Waals surface area contributed by atoms with Crippen molar-refractivity contribution in [1.82, 2.24) is 5.32 Å². The zero-order valence-electron chi connectivity index (χ0n) is 11.7. The van der Waals surface area contributed by atoms with E-state index in [4.69, 9.17) is 0 Å². The van der Waals surface area contributed by atoms with Crippen LogP contribution in [-0.4, -0.2) is 6.04 Å². The molecule has 18 heavy (non-hydrogen) atoms. The summed E-state index contributed by atoms with van der Waals surface area (Å²) in [7, 11) is 0. The Morgan fingerprint density at radius 2 is 2.00 bits per heavy atom. The molecule has 0 spiro atoms. The number of hydrogen-bond donors (Lipinski definition) is 1. The predicted molar refractivity (Wildman–Crippen MR) is 74.0 cm³/mol. The van der Waals surface area contributed by atoms with Crippen molar-refractivity contribution in [1.29, 1.82) is 0 Å². The van der Waals surface area contributed by atoms with Gasteiger partial charge in [-0.1, -0.05) is 32.9 Å². The molecule has 1 aromatic carbocycles. The number of nitrogens with one attached hydrogen (secondary N) is 1. The molecule has 2 unspecified atom stereocenters. The maximum absolute atomic E-state index is 12.9. The molecule has 1 nitrogen and oxygen atoms in total. The molecule has 1 N–H and O–H groups in total. The van der Waals surface area contributed by atoms with E-state index in [0.717, 1.165) is 6.42 Å². The highest BCUT2D eigenvalue weighted by Crippen LogP contribution is 2.38. The van der Waals surface area contributed by atoms with Crippen LogP contribution in [0.1, 0.15) is 58.1 Å². The van der Waals surface area contributed by atoms with E-state index in [0.29, 0.717) is 17.5 Å². The second kappa shape index (κ2) is 5.40. The third-order valence-electron chi connectivity index (χ3n) is 4.09. The molecule has 2 rings (SSSR count). The van der Waals surface area contributed by atoms with Crippen molar-refractivity contribution in [2.75, 3.05) is 0 Å². The Labute approximate surface area is 110 Å². The van der Waals surface area contributed by atoms with Crippen molar-refractivity contribution in [3.8, 4) is 0 Å². The Kier molecular flexibility index (Phi) is 4.06. The highest BCUT2D eigenvalue weighted by Gasteiger charge is 2.31. The molecule has 1 fully saturated rings. The smallest absolute Gasteiger partial charge is 0.123 e. The fourth-order valence-corrected chi connectivity index (χ4v) is 3.01. The summed E-state index contributed by atoms with van der Waals surface area (Å²) in [5, 5.41) is 3.73. The standard InChI is InChI=1S/C16H24FN/c1-4-15(12-5-7-13(17)8-6-12)18-14-9-10-16(2,3)11-14/h5-8,14-15,18H,4,9-11H2,1-3H3. The number of halogens is 1. The molecule has 0 radical (unpaired) electrons. The SMILES string of the molecule is CCC(NC1CCC(C)(C)C1)c1ccc(F)cc1. The van der Waals surface area contributed by atoms with E-state index in [9.17, 15) is 4.39 Å². The normalized spacial score (nSPS) is 24.1. The summed E-state index contributed by atoms with van der Waals surface area (Å²) in [5.74, 6) is -0.157. The molecule has 2 atom stereocenters. The van der Waals surface area contributed by atoms with E-state index in [1.54, 1.807) is 12.1 Å². The van der Waals surface area contributed by atoms with Crippen LogP contribution in [0.3, 0.4) is 0 Å². The van der Waals surface area contributed by atoms with E-state index in [1.807, 2.05) is 12.1 Å². The van der Waals surface area contributed by atoms with Crippen LogP contribution in [0.5, 0.6) is 0 Å². The molecule has 1 aliphatic rings. The molecule has 2 heteroatoms. The summed E-state index contributed by atoms with van der Waals surface area (Å²) in [6, 6.07) is 7.86. The first-order chi connectivity index (χ1) is 8.50. The molecule has 1 saturated carbocycles. The van der Waals surface area contributed by atoms with Crippen molar-refractivity contribution >= 4 is 0 Å². The van der Waals surface area contributed by atoms with Crippen LogP contribution in [0.2, 0.25) is 0 Å². The lowest BCUT2D eigenvalue weighted by Gasteiger charge is -2.24. The van der Waals surface area contributed by atoms with Gasteiger partial charge in [0.05, 0.1) is 0 Å². The predicted octanol–water partition coefficient (Wildman–Crippen LogP) is 4.45. The molecule has 1 aromatic rings. The van der Waals surface area contributed by atoms with E-state index >= 15 is 0 Å². The third-order valence-corrected chi connectivity index (χ3v) is 4.09. The number of rotatable bonds is 4. The first-order valence-electron chi connectivity index (χ1n) is 7.02. The second-order valence-electron chi connectivity index (χ2n) is 6.28. The van der Waals surface area contributed by atoms with Crippen LogP contribution in [0.25, 0.3) is 0 Å². The average Bonchev–Trinajstić information content (AvgIpc) is 2.67. The first-order valence-corrected chi connectivity index (χ1v) is 7.02. The topological polar surface area (TPSA) is 12.0 Å². The lowest BCUT2D eigenvalue weighted by molar-refractivity contribution is 0.350. The minimum Gasteiger partial charge on any atom is -0.307 e. The van der Waals surface area contributed by atoms with Gasteiger partial charge in [-0.2, -0.15) is 0 Å². The van der Waals surface area contributed by atoms with Gasteiger partial charge >= 0.3 is 0 Å². The second-order valence-corrected chi connectivity index (χ2v) is 6.28. The fourth-order valence-electron chi connectivity index (χ4n) is 3.01. The summed E-state index contributed by atoms with van der Waals surface area (Å²) in [5.41, 5.74) is 1.67. The monoisotopic (exact) mass is 249 g/mol. The Bertz CT molecular complexity index is 383. The van der Waals surface area contributed by atoms with Gasteiger partial charge in [0.1, 0.15) is 5.82 Å². The van der Waals surface area contributed by atoms with Crippen molar-refractivity contribution in [3.63, 3.8) is 0 Å². The van der Waals surface area contributed by atoms with Gasteiger partial charge in [0.15, 0.2) is 0 Å². The summed E-state index contributed by atoms with van der Waals surface area (Å²) in [4.78, 5) is 0. The minimum atomic E-state index is -0.157. The van der Waals surface area contributed by atoms with Crippen LogP contribution in [0.4, 0.5) is 4.39 Å². The maximum atomic E-state index is 12.9. The Balaban J connectivity index is 2.00. The molecule has 0 bridgehead atoms. The molecular formula is C16H24FN. The number of benzene rings is 1. The lowest BCUT2D eigenvalue weighted by Crippen LogP contribution is -2.31. The van der Waals surface area contributed by atoms with Crippen LogP contribution < -0.4 is 5.32 Å².